The Morgan fingerprint density at radius 2 is 2.14 bits per heavy atom. The number of nitrogens with zero attached hydrogens (tertiary/aromatic N) is 2. The number of anilines is 2. The van der Waals surface area contributed by atoms with Crippen LogP contribution in [0.3, 0.4) is 0 Å². The summed E-state index contributed by atoms with van der Waals surface area (Å²) in [7, 11) is 0. The van der Waals surface area contributed by atoms with Crippen molar-refractivity contribution in [3.63, 3.8) is 0 Å². The van der Waals surface area contributed by atoms with Crippen molar-refractivity contribution in [3.05, 3.63) is 12.3 Å². The maximum Gasteiger partial charge on any atom is 0.225 e. The predicted molar refractivity (Wildman–Crippen MR) is 56.9 cm³/mol. The number of nitrogens with one attached hydrogen (secondary N) is 1. The molecule has 2 rings (SSSR count). The highest BCUT2D eigenvalue weighted by Gasteiger charge is 2.28. The van der Waals surface area contributed by atoms with E-state index in [-0.39, 0.29) is 5.54 Å². The van der Waals surface area contributed by atoms with Crippen LogP contribution in [0.2, 0.25) is 0 Å². The largest absolute Gasteiger partial charge is 0.384 e. The van der Waals surface area contributed by atoms with Crippen molar-refractivity contribution in [2.24, 2.45) is 0 Å². The van der Waals surface area contributed by atoms with Gasteiger partial charge in [0.15, 0.2) is 0 Å². The SMILES string of the molecule is CC1(Nc2nccc(N)n2)CCCC1. The molecule has 0 atom stereocenters. The smallest absolute Gasteiger partial charge is 0.225 e. The summed E-state index contributed by atoms with van der Waals surface area (Å²) >= 11 is 0. The van der Waals surface area contributed by atoms with Crippen LogP contribution in [-0.2, 0) is 0 Å². The Balaban J connectivity index is 2.10. The highest BCUT2D eigenvalue weighted by molar-refractivity contribution is 5.37. The first-order valence-corrected chi connectivity index (χ1v) is 5.05. The van der Waals surface area contributed by atoms with Crippen LogP contribution in [0.5, 0.6) is 0 Å². The molecule has 1 aliphatic carbocycles. The summed E-state index contributed by atoms with van der Waals surface area (Å²) in [5.41, 5.74) is 5.75. The molecule has 1 aliphatic rings. The van der Waals surface area contributed by atoms with Gasteiger partial charge in [0.2, 0.25) is 5.95 Å². The van der Waals surface area contributed by atoms with Crippen molar-refractivity contribution in [2.45, 2.75) is 38.1 Å². The first-order chi connectivity index (χ1) is 6.68. The van der Waals surface area contributed by atoms with Gasteiger partial charge in [-0.1, -0.05) is 12.8 Å². The topological polar surface area (TPSA) is 63.8 Å². The summed E-state index contributed by atoms with van der Waals surface area (Å²) in [6.45, 7) is 2.21. The van der Waals surface area contributed by atoms with Gasteiger partial charge in [-0.15, -0.1) is 0 Å². The van der Waals surface area contributed by atoms with Crippen LogP contribution in [0, 0.1) is 0 Å². The van der Waals surface area contributed by atoms with E-state index in [4.69, 9.17) is 5.73 Å². The van der Waals surface area contributed by atoms with E-state index in [9.17, 15) is 0 Å². The molecule has 0 saturated heterocycles. The molecule has 0 radical (unpaired) electrons. The highest BCUT2D eigenvalue weighted by Crippen LogP contribution is 2.31. The lowest BCUT2D eigenvalue weighted by molar-refractivity contribution is 0.528. The Hall–Kier alpha value is -1.32. The Morgan fingerprint density at radius 3 is 2.79 bits per heavy atom. The Bertz CT molecular complexity index is 318. The molecule has 0 amide bonds. The van der Waals surface area contributed by atoms with Crippen LogP contribution in [0.4, 0.5) is 11.8 Å². The molecule has 0 bridgehead atoms. The molecule has 4 heteroatoms. The third kappa shape index (κ3) is 1.95. The molecule has 76 valence electrons. The van der Waals surface area contributed by atoms with E-state index in [0.29, 0.717) is 11.8 Å². The summed E-state index contributed by atoms with van der Waals surface area (Å²) in [4.78, 5) is 8.28. The first-order valence-electron chi connectivity index (χ1n) is 5.05. The predicted octanol–water partition coefficient (Wildman–Crippen LogP) is 1.80. The Labute approximate surface area is 83.9 Å². The second kappa shape index (κ2) is 3.44. The third-order valence-corrected chi connectivity index (χ3v) is 2.80. The van der Waals surface area contributed by atoms with Gasteiger partial charge in [-0.2, -0.15) is 4.98 Å². The molecule has 1 saturated carbocycles. The average molecular weight is 192 g/mol. The first kappa shape index (κ1) is 9.24. The van der Waals surface area contributed by atoms with Gasteiger partial charge in [0.1, 0.15) is 5.82 Å². The number of nitrogen functional groups attached to an aromatic ring is 1. The van der Waals surface area contributed by atoms with E-state index < -0.39 is 0 Å². The molecule has 0 unspecified atom stereocenters. The second-order valence-electron chi connectivity index (χ2n) is 4.20. The van der Waals surface area contributed by atoms with E-state index in [1.807, 2.05) is 0 Å². The van der Waals surface area contributed by atoms with Crippen molar-refractivity contribution in [1.82, 2.24) is 9.97 Å². The van der Waals surface area contributed by atoms with Gasteiger partial charge in [-0.3, -0.25) is 0 Å². The lowest BCUT2D eigenvalue weighted by atomic mass is 10.0. The highest BCUT2D eigenvalue weighted by atomic mass is 15.2. The maximum absolute atomic E-state index is 5.58. The lowest BCUT2D eigenvalue weighted by Gasteiger charge is -2.25. The van der Waals surface area contributed by atoms with Crippen molar-refractivity contribution < 1.29 is 0 Å². The monoisotopic (exact) mass is 192 g/mol. The minimum absolute atomic E-state index is 0.161. The average Bonchev–Trinajstić information content (AvgIpc) is 2.51. The molecule has 4 nitrogen and oxygen atoms in total. The normalized spacial score (nSPS) is 19.5. The molecule has 1 fully saturated rings. The second-order valence-corrected chi connectivity index (χ2v) is 4.20. The number of hydrogen-bond donors (Lipinski definition) is 2. The van der Waals surface area contributed by atoms with E-state index in [1.54, 1.807) is 12.3 Å². The van der Waals surface area contributed by atoms with Crippen molar-refractivity contribution in [3.8, 4) is 0 Å². The third-order valence-electron chi connectivity index (χ3n) is 2.80. The summed E-state index contributed by atoms with van der Waals surface area (Å²) < 4.78 is 0. The number of hydrogen-bond acceptors (Lipinski definition) is 4. The molecule has 14 heavy (non-hydrogen) atoms. The van der Waals surface area contributed by atoms with Crippen LogP contribution in [0.1, 0.15) is 32.6 Å². The lowest BCUT2D eigenvalue weighted by Crippen LogP contribution is -2.31. The van der Waals surface area contributed by atoms with E-state index in [2.05, 4.69) is 22.2 Å². The summed E-state index contributed by atoms with van der Waals surface area (Å²) in [6, 6.07) is 1.70. The molecule has 0 aromatic carbocycles. The molecule has 3 N–H and O–H groups in total. The summed E-state index contributed by atoms with van der Waals surface area (Å²) in [5.74, 6) is 1.17. The number of rotatable bonds is 2. The zero-order valence-corrected chi connectivity index (χ0v) is 8.45. The molecular formula is C10H16N4. The van der Waals surface area contributed by atoms with Crippen molar-refractivity contribution >= 4 is 11.8 Å². The van der Waals surface area contributed by atoms with Gasteiger partial charge < -0.3 is 11.1 Å². The van der Waals surface area contributed by atoms with E-state index in [0.717, 1.165) is 0 Å². The zero-order chi connectivity index (χ0) is 10.0. The van der Waals surface area contributed by atoms with Gasteiger partial charge in [-0.25, -0.2) is 4.98 Å². The summed E-state index contributed by atoms with van der Waals surface area (Å²) in [5, 5.41) is 3.36. The zero-order valence-electron chi connectivity index (χ0n) is 8.45. The van der Waals surface area contributed by atoms with Crippen LogP contribution >= 0.6 is 0 Å². The van der Waals surface area contributed by atoms with Gasteiger partial charge >= 0.3 is 0 Å². The maximum atomic E-state index is 5.58. The molecule has 0 aliphatic heterocycles. The molecule has 1 heterocycles. The van der Waals surface area contributed by atoms with Gasteiger partial charge in [0, 0.05) is 11.7 Å². The number of aromatic nitrogens is 2. The van der Waals surface area contributed by atoms with Gasteiger partial charge in [-0.05, 0) is 25.8 Å². The minimum atomic E-state index is 0.161. The quantitative estimate of drug-likeness (QED) is 0.750. The Morgan fingerprint density at radius 1 is 1.43 bits per heavy atom. The molecule has 1 aromatic heterocycles. The van der Waals surface area contributed by atoms with Crippen LogP contribution in [-0.4, -0.2) is 15.5 Å². The van der Waals surface area contributed by atoms with Gasteiger partial charge in [0.05, 0.1) is 0 Å². The van der Waals surface area contributed by atoms with Crippen molar-refractivity contribution in [2.75, 3.05) is 11.1 Å². The van der Waals surface area contributed by atoms with Crippen LogP contribution in [0.15, 0.2) is 12.3 Å². The van der Waals surface area contributed by atoms with E-state index in [1.165, 1.54) is 25.7 Å². The van der Waals surface area contributed by atoms with Crippen molar-refractivity contribution in [1.29, 1.82) is 0 Å². The standard InChI is InChI=1S/C10H16N4/c1-10(5-2-3-6-10)14-9-12-7-4-8(11)13-9/h4,7H,2-3,5-6H2,1H3,(H3,11,12,13,14). The molecule has 1 aromatic rings. The molecular weight excluding hydrogens is 176 g/mol. The molecule has 0 spiro atoms. The van der Waals surface area contributed by atoms with Gasteiger partial charge in [0.25, 0.3) is 0 Å². The Kier molecular flexibility index (Phi) is 2.27. The van der Waals surface area contributed by atoms with E-state index >= 15 is 0 Å². The fourth-order valence-electron chi connectivity index (χ4n) is 1.98. The summed E-state index contributed by atoms with van der Waals surface area (Å²) in [6.07, 6.45) is 6.62. The fraction of sp³-hybridized carbons (Fsp3) is 0.600. The number of nitrogens with two attached hydrogens (primary N) is 1. The van der Waals surface area contributed by atoms with Crippen LogP contribution in [0.25, 0.3) is 0 Å². The minimum Gasteiger partial charge on any atom is -0.384 e. The fourth-order valence-corrected chi connectivity index (χ4v) is 1.98. The van der Waals surface area contributed by atoms with Crippen LogP contribution < -0.4 is 11.1 Å².